The van der Waals surface area contributed by atoms with Crippen LogP contribution in [0.5, 0.6) is 5.75 Å². The zero-order valence-electron chi connectivity index (χ0n) is 12.3. The van der Waals surface area contributed by atoms with Gasteiger partial charge in [0, 0.05) is 10.9 Å². The van der Waals surface area contributed by atoms with Crippen molar-refractivity contribution in [2.75, 3.05) is 7.11 Å². The maximum absolute atomic E-state index is 6.32. The number of aryl methyl sites for hydroxylation is 1. The summed E-state index contributed by atoms with van der Waals surface area (Å²) < 4.78 is 7.48. The Morgan fingerprint density at radius 3 is 2.81 bits per heavy atom. The topological polar surface area (TPSA) is 27.1 Å². The number of alkyl halides is 1. The fraction of sp³-hybridized carbons (Fsp3) is 0.312. The van der Waals surface area contributed by atoms with Gasteiger partial charge in [0.2, 0.25) is 0 Å². The van der Waals surface area contributed by atoms with Crippen LogP contribution in [0.2, 0.25) is 0 Å². The van der Waals surface area contributed by atoms with Crippen LogP contribution in [0.15, 0.2) is 29.6 Å². The van der Waals surface area contributed by atoms with Gasteiger partial charge in [0.05, 0.1) is 30.1 Å². The lowest BCUT2D eigenvalue weighted by atomic mass is 10.2. The zero-order valence-corrected chi connectivity index (χ0v) is 13.8. The Hall–Kier alpha value is -1.52. The molecule has 0 aliphatic heterocycles. The zero-order chi connectivity index (χ0) is 15.0. The van der Waals surface area contributed by atoms with Gasteiger partial charge in [0.1, 0.15) is 11.6 Å². The van der Waals surface area contributed by atoms with Gasteiger partial charge in [-0.05, 0) is 43.0 Å². The minimum absolute atomic E-state index is 0.135. The van der Waals surface area contributed by atoms with Gasteiger partial charge in [-0.3, -0.25) is 0 Å². The lowest BCUT2D eigenvalue weighted by Crippen LogP contribution is -2.05. The van der Waals surface area contributed by atoms with Crippen molar-refractivity contribution in [3.05, 3.63) is 45.9 Å². The summed E-state index contributed by atoms with van der Waals surface area (Å²) >= 11 is 8.09. The minimum Gasteiger partial charge on any atom is -0.497 e. The molecule has 3 aromatic rings. The van der Waals surface area contributed by atoms with Crippen molar-refractivity contribution < 1.29 is 4.74 Å². The Morgan fingerprint density at radius 2 is 2.19 bits per heavy atom. The maximum Gasteiger partial charge on any atom is 0.128 e. The van der Waals surface area contributed by atoms with Crippen LogP contribution in [-0.4, -0.2) is 16.7 Å². The molecule has 0 fully saturated rings. The molecule has 110 valence electrons. The molecule has 3 rings (SSSR count). The van der Waals surface area contributed by atoms with Gasteiger partial charge in [0.15, 0.2) is 0 Å². The van der Waals surface area contributed by atoms with Crippen LogP contribution in [0, 0.1) is 6.92 Å². The van der Waals surface area contributed by atoms with Crippen LogP contribution < -0.4 is 4.74 Å². The van der Waals surface area contributed by atoms with Crippen LogP contribution in [0.25, 0.3) is 11.0 Å². The molecular weight excluding hydrogens is 304 g/mol. The predicted octanol–water partition coefficient (Wildman–Crippen LogP) is 4.76. The number of rotatable bonds is 4. The van der Waals surface area contributed by atoms with Gasteiger partial charge in [-0.15, -0.1) is 22.9 Å². The number of hydrogen-bond donors (Lipinski definition) is 0. The molecule has 21 heavy (non-hydrogen) atoms. The van der Waals surface area contributed by atoms with Crippen molar-refractivity contribution in [2.45, 2.75) is 25.8 Å². The third-order valence-electron chi connectivity index (χ3n) is 3.61. The van der Waals surface area contributed by atoms with E-state index in [9.17, 15) is 0 Å². The summed E-state index contributed by atoms with van der Waals surface area (Å²) in [6.45, 7) is 4.90. The normalized spacial score (nSPS) is 12.8. The van der Waals surface area contributed by atoms with Crippen LogP contribution >= 0.6 is 22.9 Å². The Morgan fingerprint density at radius 1 is 1.38 bits per heavy atom. The first-order valence-corrected chi connectivity index (χ1v) is 8.13. The number of aromatic nitrogens is 2. The molecule has 0 amide bonds. The minimum atomic E-state index is -0.135. The van der Waals surface area contributed by atoms with Gasteiger partial charge in [-0.25, -0.2) is 4.98 Å². The molecule has 1 unspecified atom stereocenters. The molecule has 0 radical (unpaired) electrons. The first-order chi connectivity index (χ1) is 10.1. The molecule has 1 aromatic carbocycles. The Labute approximate surface area is 133 Å². The van der Waals surface area contributed by atoms with E-state index in [4.69, 9.17) is 16.3 Å². The number of benzene rings is 1. The fourth-order valence-electron chi connectivity index (χ4n) is 2.43. The lowest BCUT2D eigenvalue weighted by molar-refractivity contribution is 0.415. The summed E-state index contributed by atoms with van der Waals surface area (Å²) in [5, 5.41) is 1.99. The lowest BCUT2D eigenvalue weighted by Gasteiger charge is -2.10. The third-order valence-corrected chi connectivity index (χ3v) is 4.81. The molecule has 0 N–H and O–H groups in total. The van der Waals surface area contributed by atoms with Crippen LogP contribution in [0.1, 0.15) is 28.6 Å². The first-order valence-electron chi connectivity index (χ1n) is 6.81. The number of nitrogens with zero attached hydrogens (tertiary/aromatic N) is 2. The van der Waals surface area contributed by atoms with E-state index in [-0.39, 0.29) is 5.38 Å². The highest BCUT2D eigenvalue weighted by molar-refractivity contribution is 7.10. The largest absolute Gasteiger partial charge is 0.497 e. The van der Waals surface area contributed by atoms with Crippen molar-refractivity contribution in [3.63, 3.8) is 0 Å². The van der Waals surface area contributed by atoms with Gasteiger partial charge >= 0.3 is 0 Å². The van der Waals surface area contributed by atoms with E-state index in [1.807, 2.05) is 25.1 Å². The van der Waals surface area contributed by atoms with E-state index < -0.39 is 0 Å². The second-order valence-corrected chi connectivity index (χ2v) is 6.71. The van der Waals surface area contributed by atoms with Crippen molar-refractivity contribution in [1.82, 2.24) is 9.55 Å². The summed E-state index contributed by atoms with van der Waals surface area (Å²) in [4.78, 5) is 6.02. The second kappa shape index (κ2) is 5.70. The SMILES string of the molecule is COc1ccc2c(c1)nc(C(C)Cl)n2Cc1sccc1C. The Balaban J connectivity index is 2.14. The number of thiophene rings is 1. The predicted molar refractivity (Wildman–Crippen MR) is 88.7 cm³/mol. The molecule has 0 bridgehead atoms. The summed E-state index contributed by atoms with van der Waals surface area (Å²) in [6.07, 6.45) is 0. The molecular formula is C16H17ClN2OS. The molecule has 3 nitrogen and oxygen atoms in total. The fourth-order valence-corrected chi connectivity index (χ4v) is 3.50. The van der Waals surface area contributed by atoms with Crippen LogP contribution in [0.4, 0.5) is 0 Å². The smallest absolute Gasteiger partial charge is 0.128 e. The first kappa shape index (κ1) is 14.4. The molecule has 5 heteroatoms. The van der Waals surface area contributed by atoms with Crippen molar-refractivity contribution in [1.29, 1.82) is 0 Å². The number of imidazole rings is 1. The van der Waals surface area contributed by atoms with Gasteiger partial charge < -0.3 is 9.30 Å². The molecule has 0 saturated heterocycles. The summed E-state index contributed by atoms with van der Waals surface area (Å²) in [6, 6.07) is 8.11. The molecule has 0 aliphatic carbocycles. The Kier molecular flexibility index (Phi) is 3.91. The summed E-state index contributed by atoms with van der Waals surface area (Å²) in [7, 11) is 1.66. The molecule has 2 heterocycles. The van der Waals surface area contributed by atoms with Crippen LogP contribution in [-0.2, 0) is 6.54 Å². The second-order valence-electron chi connectivity index (χ2n) is 5.05. The number of methoxy groups -OCH3 is 1. The quantitative estimate of drug-likeness (QED) is 0.648. The highest BCUT2D eigenvalue weighted by atomic mass is 35.5. The third kappa shape index (κ3) is 2.65. The van der Waals surface area contributed by atoms with Gasteiger partial charge in [-0.2, -0.15) is 0 Å². The van der Waals surface area contributed by atoms with Crippen LogP contribution in [0.3, 0.4) is 0 Å². The van der Waals surface area contributed by atoms with E-state index in [0.717, 1.165) is 29.2 Å². The highest BCUT2D eigenvalue weighted by Gasteiger charge is 2.16. The van der Waals surface area contributed by atoms with Crippen molar-refractivity contribution in [3.8, 4) is 5.75 Å². The van der Waals surface area contributed by atoms with E-state index in [0.29, 0.717) is 0 Å². The maximum atomic E-state index is 6.32. The van der Waals surface area contributed by atoms with E-state index in [1.54, 1.807) is 18.4 Å². The molecule has 0 spiro atoms. The molecule has 2 aromatic heterocycles. The molecule has 1 atom stereocenters. The summed E-state index contributed by atoms with van der Waals surface area (Å²) in [5.74, 6) is 1.71. The highest BCUT2D eigenvalue weighted by Crippen LogP contribution is 2.29. The van der Waals surface area contributed by atoms with Gasteiger partial charge in [0.25, 0.3) is 0 Å². The van der Waals surface area contributed by atoms with Gasteiger partial charge in [-0.1, -0.05) is 0 Å². The van der Waals surface area contributed by atoms with Crippen molar-refractivity contribution in [2.24, 2.45) is 0 Å². The molecule has 0 saturated carbocycles. The molecule has 0 aliphatic rings. The number of halogens is 1. The van der Waals surface area contributed by atoms with Crippen molar-refractivity contribution >= 4 is 34.0 Å². The standard InChI is InChI=1S/C16H17ClN2OS/c1-10-6-7-21-15(10)9-19-14-5-4-12(20-3)8-13(14)18-16(19)11(2)17/h4-8,11H,9H2,1-3H3. The number of hydrogen-bond acceptors (Lipinski definition) is 3. The van der Waals surface area contributed by atoms with E-state index in [1.165, 1.54) is 10.4 Å². The van der Waals surface area contributed by atoms with E-state index >= 15 is 0 Å². The number of ether oxygens (including phenoxy) is 1. The van der Waals surface area contributed by atoms with E-state index in [2.05, 4.69) is 27.9 Å². The number of fused-ring (bicyclic) bond motifs is 1. The monoisotopic (exact) mass is 320 g/mol. The Bertz CT molecular complexity index is 776. The summed E-state index contributed by atoms with van der Waals surface area (Å²) in [5.41, 5.74) is 3.32. The average Bonchev–Trinajstić information content (AvgIpc) is 3.03. The average molecular weight is 321 g/mol.